The van der Waals surface area contributed by atoms with E-state index in [1.807, 2.05) is 13.8 Å². The van der Waals surface area contributed by atoms with Gasteiger partial charge in [0.15, 0.2) is 0 Å². The van der Waals surface area contributed by atoms with Crippen molar-refractivity contribution < 1.29 is 9.90 Å². The molecule has 0 aromatic rings. The summed E-state index contributed by atoms with van der Waals surface area (Å²) >= 11 is 0. The number of hydrogen-bond acceptors (Lipinski definition) is 3. The van der Waals surface area contributed by atoms with E-state index in [1.165, 1.54) is 6.42 Å². The molecule has 1 fully saturated rings. The molecule has 94 valence electrons. The van der Waals surface area contributed by atoms with Crippen molar-refractivity contribution in [1.82, 2.24) is 10.2 Å². The zero-order chi connectivity index (χ0) is 12.0. The van der Waals surface area contributed by atoms with Crippen LogP contribution < -0.4 is 5.32 Å². The number of rotatable bonds is 4. The molecule has 0 aromatic heterocycles. The number of hydrogen-bond donors (Lipinski definition) is 2. The Morgan fingerprint density at radius 1 is 1.50 bits per heavy atom. The Hall–Kier alpha value is -0.610. The third kappa shape index (κ3) is 3.46. The molecule has 4 heteroatoms. The molecule has 0 spiro atoms. The molecule has 0 aromatic carbocycles. The van der Waals surface area contributed by atoms with Crippen molar-refractivity contribution >= 4 is 5.91 Å². The molecule has 1 heterocycles. The van der Waals surface area contributed by atoms with Crippen LogP contribution in [0.5, 0.6) is 0 Å². The van der Waals surface area contributed by atoms with Crippen LogP contribution >= 0.6 is 0 Å². The van der Waals surface area contributed by atoms with E-state index in [4.69, 9.17) is 0 Å². The van der Waals surface area contributed by atoms with Crippen LogP contribution in [-0.4, -0.2) is 47.7 Å². The second-order valence-corrected chi connectivity index (χ2v) is 4.49. The second-order valence-electron chi connectivity index (χ2n) is 4.49. The van der Waals surface area contributed by atoms with Crippen LogP contribution in [0.25, 0.3) is 0 Å². The van der Waals surface area contributed by atoms with Gasteiger partial charge in [-0.05, 0) is 33.2 Å². The molecule has 1 aliphatic heterocycles. The Labute approximate surface area is 98.0 Å². The van der Waals surface area contributed by atoms with Crippen molar-refractivity contribution in [3.8, 4) is 0 Å². The summed E-state index contributed by atoms with van der Waals surface area (Å²) in [4.78, 5) is 13.9. The highest BCUT2D eigenvalue weighted by molar-refractivity contribution is 5.81. The fraction of sp³-hybridized carbons (Fsp3) is 0.917. The maximum absolute atomic E-state index is 11.8. The first-order valence-corrected chi connectivity index (χ1v) is 6.35. The molecule has 0 saturated carbocycles. The smallest absolute Gasteiger partial charge is 0.237 e. The third-order valence-corrected chi connectivity index (χ3v) is 3.36. The highest BCUT2D eigenvalue weighted by Crippen LogP contribution is 2.18. The van der Waals surface area contributed by atoms with Gasteiger partial charge in [-0.25, -0.2) is 0 Å². The van der Waals surface area contributed by atoms with E-state index in [0.29, 0.717) is 6.54 Å². The van der Waals surface area contributed by atoms with Gasteiger partial charge < -0.3 is 10.4 Å². The minimum atomic E-state index is -0.129. The van der Waals surface area contributed by atoms with Crippen LogP contribution in [0.3, 0.4) is 0 Å². The van der Waals surface area contributed by atoms with Crippen molar-refractivity contribution in [3.05, 3.63) is 0 Å². The number of amides is 1. The van der Waals surface area contributed by atoms with E-state index in [9.17, 15) is 9.90 Å². The largest absolute Gasteiger partial charge is 0.395 e. The summed E-state index contributed by atoms with van der Waals surface area (Å²) in [5.41, 5.74) is 0. The van der Waals surface area contributed by atoms with Gasteiger partial charge in [-0.2, -0.15) is 0 Å². The maximum Gasteiger partial charge on any atom is 0.237 e. The third-order valence-electron chi connectivity index (χ3n) is 3.36. The second kappa shape index (κ2) is 6.86. The Bertz CT molecular complexity index is 221. The van der Waals surface area contributed by atoms with E-state index in [0.717, 1.165) is 25.8 Å². The van der Waals surface area contributed by atoms with E-state index in [2.05, 4.69) is 10.2 Å². The SMILES string of the molecule is CCNC(=O)C(C)N1CCCCCC1CO. The first kappa shape index (κ1) is 13.5. The molecular weight excluding hydrogens is 204 g/mol. The standard InChI is InChI=1S/C12H24N2O2/c1-3-13-12(16)10(2)14-8-6-4-5-7-11(14)9-15/h10-11,15H,3-9H2,1-2H3,(H,13,16). The highest BCUT2D eigenvalue weighted by Gasteiger charge is 2.28. The average molecular weight is 228 g/mol. The minimum Gasteiger partial charge on any atom is -0.395 e. The summed E-state index contributed by atoms with van der Waals surface area (Å²) in [5.74, 6) is 0.0721. The van der Waals surface area contributed by atoms with E-state index in [1.54, 1.807) is 0 Å². The number of nitrogens with zero attached hydrogens (tertiary/aromatic N) is 1. The minimum absolute atomic E-state index is 0.0721. The van der Waals surface area contributed by atoms with E-state index in [-0.39, 0.29) is 24.6 Å². The number of nitrogens with one attached hydrogen (secondary N) is 1. The zero-order valence-electron chi connectivity index (χ0n) is 10.4. The molecule has 16 heavy (non-hydrogen) atoms. The fourth-order valence-electron chi connectivity index (χ4n) is 2.38. The number of carbonyl (C=O) groups excluding carboxylic acids is 1. The summed E-state index contributed by atoms with van der Waals surface area (Å²) in [6.45, 7) is 5.60. The number of aliphatic hydroxyl groups is 1. The van der Waals surface area contributed by atoms with Crippen LogP contribution in [0.4, 0.5) is 0 Å². The van der Waals surface area contributed by atoms with E-state index < -0.39 is 0 Å². The van der Waals surface area contributed by atoms with Gasteiger partial charge in [0.1, 0.15) is 0 Å². The first-order valence-electron chi connectivity index (χ1n) is 6.35. The van der Waals surface area contributed by atoms with Crippen LogP contribution in [-0.2, 0) is 4.79 Å². The molecule has 2 N–H and O–H groups in total. The number of likely N-dealkylation sites (tertiary alicyclic amines) is 1. The van der Waals surface area contributed by atoms with Crippen LogP contribution in [0.1, 0.15) is 39.5 Å². The molecule has 1 saturated heterocycles. The van der Waals surface area contributed by atoms with Gasteiger partial charge in [0.25, 0.3) is 0 Å². The molecule has 1 amide bonds. The lowest BCUT2D eigenvalue weighted by atomic mass is 10.1. The van der Waals surface area contributed by atoms with Crippen molar-refractivity contribution in [3.63, 3.8) is 0 Å². The molecular formula is C12H24N2O2. The highest BCUT2D eigenvalue weighted by atomic mass is 16.3. The predicted octanol–water partition coefficient (Wildman–Crippen LogP) is 0.748. The van der Waals surface area contributed by atoms with Crippen molar-refractivity contribution in [2.45, 2.75) is 51.6 Å². The summed E-state index contributed by atoms with van der Waals surface area (Å²) in [7, 11) is 0. The van der Waals surface area contributed by atoms with Gasteiger partial charge in [-0.3, -0.25) is 9.69 Å². The first-order chi connectivity index (χ1) is 7.70. The summed E-state index contributed by atoms with van der Waals surface area (Å²) in [6.07, 6.45) is 4.49. The summed E-state index contributed by atoms with van der Waals surface area (Å²) in [5, 5.41) is 12.2. The molecule has 0 aliphatic carbocycles. The number of aliphatic hydroxyl groups excluding tert-OH is 1. The van der Waals surface area contributed by atoms with Gasteiger partial charge in [0.2, 0.25) is 5.91 Å². The van der Waals surface area contributed by atoms with Crippen LogP contribution in [0.15, 0.2) is 0 Å². The van der Waals surface area contributed by atoms with Crippen molar-refractivity contribution in [2.75, 3.05) is 19.7 Å². The number of likely N-dealkylation sites (N-methyl/N-ethyl adjacent to an activating group) is 1. The lowest BCUT2D eigenvalue weighted by Gasteiger charge is -2.33. The quantitative estimate of drug-likeness (QED) is 0.746. The lowest BCUT2D eigenvalue weighted by molar-refractivity contribution is -0.127. The van der Waals surface area contributed by atoms with Gasteiger partial charge >= 0.3 is 0 Å². The van der Waals surface area contributed by atoms with Crippen molar-refractivity contribution in [2.24, 2.45) is 0 Å². The fourth-order valence-corrected chi connectivity index (χ4v) is 2.38. The Morgan fingerprint density at radius 3 is 2.88 bits per heavy atom. The molecule has 1 rings (SSSR count). The van der Waals surface area contributed by atoms with Gasteiger partial charge in [-0.15, -0.1) is 0 Å². The lowest BCUT2D eigenvalue weighted by Crippen LogP contribution is -2.50. The molecule has 0 radical (unpaired) electrons. The van der Waals surface area contributed by atoms with Gasteiger partial charge in [0.05, 0.1) is 12.6 Å². The van der Waals surface area contributed by atoms with Crippen LogP contribution in [0.2, 0.25) is 0 Å². The summed E-state index contributed by atoms with van der Waals surface area (Å²) < 4.78 is 0. The monoisotopic (exact) mass is 228 g/mol. The topological polar surface area (TPSA) is 52.6 Å². The van der Waals surface area contributed by atoms with Gasteiger partial charge in [0, 0.05) is 12.6 Å². The number of carbonyl (C=O) groups is 1. The zero-order valence-corrected chi connectivity index (χ0v) is 10.4. The predicted molar refractivity (Wildman–Crippen MR) is 64.2 cm³/mol. The summed E-state index contributed by atoms with van der Waals surface area (Å²) in [6, 6.07) is 0.0234. The molecule has 4 nitrogen and oxygen atoms in total. The molecule has 2 unspecified atom stereocenters. The van der Waals surface area contributed by atoms with Gasteiger partial charge in [-0.1, -0.05) is 12.8 Å². The normalized spacial score (nSPS) is 24.8. The van der Waals surface area contributed by atoms with Crippen LogP contribution in [0, 0.1) is 0 Å². The Balaban J connectivity index is 2.61. The maximum atomic E-state index is 11.8. The van der Waals surface area contributed by atoms with E-state index >= 15 is 0 Å². The van der Waals surface area contributed by atoms with Crippen molar-refractivity contribution in [1.29, 1.82) is 0 Å². The Kier molecular flexibility index (Phi) is 5.77. The molecule has 0 bridgehead atoms. The average Bonchev–Trinajstić information content (AvgIpc) is 2.53. The Morgan fingerprint density at radius 2 is 2.25 bits per heavy atom. The molecule has 2 atom stereocenters. The molecule has 1 aliphatic rings.